The molecule has 0 atom stereocenters. The van der Waals surface area contributed by atoms with E-state index in [2.05, 4.69) is 6.92 Å². The van der Waals surface area contributed by atoms with E-state index in [-0.39, 0.29) is 37.5 Å². The van der Waals surface area contributed by atoms with Crippen LogP contribution in [0.25, 0.3) is 0 Å². The molecule has 0 aromatic rings. The van der Waals surface area contributed by atoms with Crippen molar-refractivity contribution in [3.63, 3.8) is 0 Å². The topological polar surface area (TPSA) is 101 Å². The molecule has 1 aliphatic heterocycles. The smallest absolute Gasteiger partial charge is 0.305 e. The molecule has 1 aliphatic rings. The number of imide groups is 1. The van der Waals surface area contributed by atoms with Gasteiger partial charge in [-0.15, -0.1) is 0 Å². The molecule has 0 spiro atoms. The average molecular weight is 556 g/mol. The zero-order chi connectivity index (χ0) is 28.2. The number of carbonyl (C=O) groups excluding carboxylic acids is 3. The van der Waals surface area contributed by atoms with Crippen molar-refractivity contribution in [3.05, 3.63) is 12.2 Å². The molecule has 0 fully saturated rings. The minimum Gasteiger partial charge on any atom is -0.463 e. The molecular formula is C30H53NO8. The molecule has 1 rings (SSSR count). The Kier molecular flexibility index (Phi) is 23.9. The summed E-state index contributed by atoms with van der Waals surface area (Å²) in [6, 6.07) is 0. The van der Waals surface area contributed by atoms with Gasteiger partial charge in [0, 0.05) is 18.6 Å². The predicted molar refractivity (Wildman–Crippen MR) is 150 cm³/mol. The van der Waals surface area contributed by atoms with E-state index in [1.54, 1.807) is 0 Å². The van der Waals surface area contributed by atoms with Gasteiger partial charge in [-0.2, -0.15) is 0 Å². The molecule has 0 aliphatic carbocycles. The van der Waals surface area contributed by atoms with E-state index in [4.69, 9.17) is 23.7 Å². The number of ether oxygens (including phenoxy) is 5. The lowest BCUT2D eigenvalue weighted by atomic mass is 10.0. The third-order valence-electron chi connectivity index (χ3n) is 6.45. The van der Waals surface area contributed by atoms with Crippen LogP contribution in [0, 0.1) is 0 Å². The summed E-state index contributed by atoms with van der Waals surface area (Å²) >= 11 is 0. The number of rotatable bonds is 29. The summed E-state index contributed by atoms with van der Waals surface area (Å²) in [6.07, 6.45) is 19.8. The van der Waals surface area contributed by atoms with E-state index in [9.17, 15) is 14.4 Å². The Morgan fingerprint density at radius 2 is 0.949 bits per heavy atom. The Morgan fingerprint density at radius 3 is 1.41 bits per heavy atom. The lowest BCUT2D eigenvalue weighted by Gasteiger charge is -2.13. The molecule has 0 aromatic carbocycles. The molecule has 0 radical (unpaired) electrons. The van der Waals surface area contributed by atoms with E-state index in [0.717, 1.165) is 17.7 Å². The molecule has 0 saturated carbocycles. The van der Waals surface area contributed by atoms with Crippen molar-refractivity contribution >= 4 is 17.8 Å². The number of hydrogen-bond donors (Lipinski definition) is 0. The van der Waals surface area contributed by atoms with Crippen molar-refractivity contribution in [2.24, 2.45) is 0 Å². The van der Waals surface area contributed by atoms with Gasteiger partial charge in [0.05, 0.1) is 59.4 Å². The largest absolute Gasteiger partial charge is 0.463 e. The molecule has 9 heteroatoms. The first-order valence-corrected chi connectivity index (χ1v) is 15.1. The van der Waals surface area contributed by atoms with Gasteiger partial charge in [-0.05, 0) is 6.42 Å². The van der Waals surface area contributed by atoms with Gasteiger partial charge < -0.3 is 23.7 Å². The lowest BCUT2D eigenvalue weighted by molar-refractivity contribution is -0.145. The zero-order valence-corrected chi connectivity index (χ0v) is 24.3. The molecular weight excluding hydrogens is 502 g/mol. The standard InChI is InChI=1S/C30H53NO8/c1-2-3-4-5-6-7-8-9-10-11-12-13-14-15-30(34)39-27-26-38-25-24-37-23-22-36-21-20-35-19-18-31-28(32)16-17-29(31)33/h16-17H,2-15,18-27H2,1H3. The van der Waals surface area contributed by atoms with Crippen LogP contribution >= 0.6 is 0 Å². The molecule has 1 heterocycles. The third kappa shape index (κ3) is 21.7. The first kappa shape index (κ1) is 35.2. The number of unbranched alkanes of at least 4 members (excludes halogenated alkanes) is 12. The summed E-state index contributed by atoms with van der Waals surface area (Å²) in [5.41, 5.74) is 0. The van der Waals surface area contributed by atoms with E-state index in [0.29, 0.717) is 52.7 Å². The number of carbonyl (C=O) groups is 3. The Balaban J connectivity index is 1.70. The SMILES string of the molecule is CCCCCCCCCCCCCCCC(=O)OCCOCCOCCOCCOCCN1C(=O)C=CC1=O. The fourth-order valence-corrected chi connectivity index (χ4v) is 4.14. The summed E-state index contributed by atoms with van der Waals surface area (Å²) in [6.45, 7) is 5.97. The van der Waals surface area contributed by atoms with Crippen molar-refractivity contribution in [1.82, 2.24) is 4.90 Å². The van der Waals surface area contributed by atoms with E-state index < -0.39 is 0 Å². The first-order valence-electron chi connectivity index (χ1n) is 15.1. The van der Waals surface area contributed by atoms with Crippen LogP contribution in [0.2, 0.25) is 0 Å². The maximum absolute atomic E-state index is 11.8. The van der Waals surface area contributed by atoms with Crippen LogP contribution in [0.1, 0.15) is 96.8 Å². The van der Waals surface area contributed by atoms with Crippen molar-refractivity contribution in [1.29, 1.82) is 0 Å². The highest BCUT2D eigenvalue weighted by Gasteiger charge is 2.22. The molecule has 0 saturated heterocycles. The molecule has 39 heavy (non-hydrogen) atoms. The molecule has 0 N–H and O–H groups in total. The van der Waals surface area contributed by atoms with Gasteiger partial charge in [0.15, 0.2) is 0 Å². The summed E-state index contributed by atoms with van der Waals surface area (Å²) in [5.74, 6) is -0.751. The maximum atomic E-state index is 11.8. The normalized spacial score (nSPS) is 13.1. The van der Waals surface area contributed by atoms with Gasteiger partial charge in [-0.25, -0.2) is 0 Å². The first-order chi connectivity index (χ1) is 19.1. The second kappa shape index (κ2) is 26.4. The van der Waals surface area contributed by atoms with Crippen molar-refractivity contribution in [2.45, 2.75) is 96.8 Å². The van der Waals surface area contributed by atoms with Gasteiger partial charge in [-0.1, -0.05) is 84.0 Å². The number of hydrogen-bond acceptors (Lipinski definition) is 8. The zero-order valence-electron chi connectivity index (χ0n) is 24.3. The van der Waals surface area contributed by atoms with Crippen LogP contribution in [0.15, 0.2) is 12.2 Å². The third-order valence-corrected chi connectivity index (χ3v) is 6.45. The van der Waals surface area contributed by atoms with Crippen molar-refractivity contribution in [3.8, 4) is 0 Å². The van der Waals surface area contributed by atoms with E-state index >= 15 is 0 Å². The van der Waals surface area contributed by atoms with E-state index in [1.807, 2.05) is 0 Å². The highest BCUT2D eigenvalue weighted by molar-refractivity contribution is 6.12. The minimum atomic E-state index is -0.304. The van der Waals surface area contributed by atoms with Crippen LogP contribution in [-0.2, 0) is 38.1 Å². The number of amides is 2. The maximum Gasteiger partial charge on any atom is 0.305 e. The second-order valence-electron chi connectivity index (χ2n) is 9.82. The fourth-order valence-electron chi connectivity index (χ4n) is 4.14. The average Bonchev–Trinajstić information content (AvgIpc) is 3.25. The van der Waals surface area contributed by atoms with Crippen LogP contribution in [0.4, 0.5) is 0 Å². The quantitative estimate of drug-likeness (QED) is 0.0722. The number of esters is 1. The molecule has 0 aromatic heterocycles. The second-order valence-corrected chi connectivity index (χ2v) is 9.82. The summed E-state index contributed by atoms with van der Waals surface area (Å²) in [7, 11) is 0. The molecule has 9 nitrogen and oxygen atoms in total. The Labute approximate surface area is 235 Å². The minimum absolute atomic E-state index is 0.144. The van der Waals surface area contributed by atoms with Gasteiger partial charge in [0.2, 0.25) is 0 Å². The molecule has 226 valence electrons. The lowest BCUT2D eigenvalue weighted by Crippen LogP contribution is -2.33. The summed E-state index contributed by atoms with van der Waals surface area (Å²) < 4.78 is 26.8. The van der Waals surface area contributed by atoms with Crippen LogP contribution in [-0.4, -0.2) is 88.7 Å². The van der Waals surface area contributed by atoms with Gasteiger partial charge in [-0.3, -0.25) is 19.3 Å². The van der Waals surface area contributed by atoms with Gasteiger partial charge in [0.1, 0.15) is 6.61 Å². The van der Waals surface area contributed by atoms with Crippen LogP contribution in [0.5, 0.6) is 0 Å². The van der Waals surface area contributed by atoms with Gasteiger partial charge >= 0.3 is 5.97 Å². The summed E-state index contributed by atoms with van der Waals surface area (Å²) in [4.78, 5) is 35.7. The van der Waals surface area contributed by atoms with Crippen molar-refractivity contribution in [2.75, 3.05) is 66.0 Å². The van der Waals surface area contributed by atoms with E-state index in [1.165, 1.54) is 82.8 Å². The molecule has 2 amide bonds. The summed E-state index contributed by atoms with van der Waals surface area (Å²) in [5, 5.41) is 0. The fraction of sp³-hybridized carbons (Fsp3) is 0.833. The Hall–Kier alpha value is -1.81. The Bertz CT molecular complexity index is 637. The number of nitrogens with zero attached hydrogens (tertiary/aromatic N) is 1. The molecule has 0 unspecified atom stereocenters. The van der Waals surface area contributed by atoms with Crippen LogP contribution in [0.3, 0.4) is 0 Å². The highest BCUT2D eigenvalue weighted by atomic mass is 16.6. The van der Waals surface area contributed by atoms with Crippen LogP contribution < -0.4 is 0 Å². The Morgan fingerprint density at radius 1 is 0.564 bits per heavy atom. The van der Waals surface area contributed by atoms with Crippen molar-refractivity contribution < 1.29 is 38.1 Å². The van der Waals surface area contributed by atoms with Gasteiger partial charge in [0.25, 0.3) is 11.8 Å². The monoisotopic (exact) mass is 555 g/mol. The predicted octanol–water partition coefficient (Wildman–Crippen LogP) is 5.00. The molecule has 0 bridgehead atoms. The highest BCUT2D eigenvalue weighted by Crippen LogP contribution is 2.13.